The second-order valence-electron chi connectivity index (χ2n) is 5.35. The first kappa shape index (κ1) is 18.7. The van der Waals surface area contributed by atoms with E-state index in [9.17, 15) is 4.79 Å². The van der Waals surface area contributed by atoms with Gasteiger partial charge in [-0.2, -0.15) is 0 Å². The van der Waals surface area contributed by atoms with Crippen LogP contribution in [0.2, 0.25) is 0 Å². The summed E-state index contributed by atoms with van der Waals surface area (Å²) in [5.74, 6) is 1.03. The molecule has 3 N–H and O–H groups in total. The zero-order valence-corrected chi connectivity index (χ0v) is 13.4. The van der Waals surface area contributed by atoms with Gasteiger partial charge in [-0.25, -0.2) is 0 Å². The smallest absolute Gasteiger partial charge is 0.224 e. The molecule has 1 amide bonds. The summed E-state index contributed by atoms with van der Waals surface area (Å²) in [5.41, 5.74) is 6.33. The molecule has 0 fully saturated rings. The van der Waals surface area contributed by atoms with Crippen molar-refractivity contribution in [2.45, 2.75) is 32.7 Å². The standard InChI is InChI=1S/C15H24N2O2.ClH/c1-11(2)15(3,10-16)17-14(18)9-12-6-5-7-13(8-12)19-4;/h5-8,11H,9-10,16H2,1-4H3,(H,17,18);1H. The van der Waals surface area contributed by atoms with Crippen LogP contribution in [0.5, 0.6) is 5.75 Å². The lowest BCUT2D eigenvalue weighted by molar-refractivity contribution is -0.122. The molecule has 114 valence electrons. The van der Waals surface area contributed by atoms with Crippen LogP contribution in [0.25, 0.3) is 0 Å². The summed E-state index contributed by atoms with van der Waals surface area (Å²) >= 11 is 0. The number of hydrogen-bond donors (Lipinski definition) is 2. The van der Waals surface area contributed by atoms with Gasteiger partial charge in [0.25, 0.3) is 0 Å². The molecule has 0 spiro atoms. The van der Waals surface area contributed by atoms with Gasteiger partial charge < -0.3 is 15.8 Å². The Morgan fingerprint density at radius 2 is 2.10 bits per heavy atom. The van der Waals surface area contributed by atoms with Gasteiger partial charge in [0.2, 0.25) is 5.91 Å². The van der Waals surface area contributed by atoms with Crippen molar-refractivity contribution < 1.29 is 9.53 Å². The summed E-state index contributed by atoms with van der Waals surface area (Å²) in [6.07, 6.45) is 0.333. The molecular weight excluding hydrogens is 276 g/mol. The molecule has 5 heteroatoms. The molecule has 1 unspecified atom stereocenters. The normalized spacial score (nSPS) is 13.3. The SMILES string of the molecule is COc1cccc(CC(=O)NC(C)(CN)C(C)C)c1.Cl. The number of rotatable bonds is 6. The number of ether oxygens (including phenoxy) is 1. The van der Waals surface area contributed by atoms with E-state index in [2.05, 4.69) is 19.2 Å². The summed E-state index contributed by atoms with van der Waals surface area (Å²) in [4.78, 5) is 12.1. The van der Waals surface area contributed by atoms with Gasteiger partial charge in [0.1, 0.15) is 5.75 Å². The van der Waals surface area contributed by atoms with Crippen molar-refractivity contribution in [3.63, 3.8) is 0 Å². The number of methoxy groups -OCH3 is 1. The molecule has 4 nitrogen and oxygen atoms in total. The molecule has 0 aliphatic heterocycles. The van der Waals surface area contributed by atoms with Gasteiger partial charge in [-0.15, -0.1) is 12.4 Å². The van der Waals surface area contributed by atoms with Crippen LogP contribution in [0.4, 0.5) is 0 Å². The number of nitrogens with one attached hydrogen (secondary N) is 1. The van der Waals surface area contributed by atoms with E-state index in [0.717, 1.165) is 11.3 Å². The van der Waals surface area contributed by atoms with Gasteiger partial charge >= 0.3 is 0 Å². The highest BCUT2D eigenvalue weighted by molar-refractivity contribution is 5.85. The highest BCUT2D eigenvalue weighted by Gasteiger charge is 2.28. The van der Waals surface area contributed by atoms with Crippen LogP contribution in [-0.4, -0.2) is 25.1 Å². The number of carbonyl (C=O) groups excluding carboxylic acids is 1. The quantitative estimate of drug-likeness (QED) is 0.846. The Bertz CT molecular complexity index is 438. The average Bonchev–Trinajstić information content (AvgIpc) is 2.38. The lowest BCUT2D eigenvalue weighted by atomic mass is 9.88. The summed E-state index contributed by atoms with van der Waals surface area (Å²) in [7, 11) is 1.61. The summed E-state index contributed by atoms with van der Waals surface area (Å²) in [6.45, 7) is 6.51. The molecule has 0 radical (unpaired) electrons. The maximum absolute atomic E-state index is 12.1. The van der Waals surface area contributed by atoms with E-state index >= 15 is 0 Å². The number of benzene rings is 1. The molecule has 20 heavy (non-hydrogen) atoms. The number of hydrogen-bond acceptors (Lipinski definition) is 3. The molecule has 0 aliphatic rings. The fourth-order valence-electron chi connectivity index (χ4n) is 1.76. The van der Waals surface area contributed by atoms with Crippen molar-refractivity contribution in [1.82, 2.24) is 5.32 Å². The van der Waals surface area contributed by atoms with E-state index < -0.39 is 0 Å². The van der Waals surface area contributed by atoms with E-state index in [1.54, 1.807) is 7.11 Å². The number of nitrogens with two attached hydrogens (primary N) is 1. The molecule has 1 atom stereocenters. The number of carbonyl (C=O) groups is 1. The van der Waals surface area contributed by atoms with Crippen LogP contribution in [0.3, 0.4) is 0 Å². The van der Waals surface area contributed by atoms with E-state index in [4.69, 9.17) is 10.5 Å². The molecule has 1 aromatic carbocycles. The Kier molecular flexibility index (Phi) is 7.61. The lowest BCUT2D eigenvalue weighted by Crippen LogP contribution is -2.55. The zero-order valence-electron chi connectivity index (χ0n) is 12.6. The van der Waals surface area contributed by atoms with Gasteiger partial charge in [-0.3, -0.25) is 4.79 Å². The van der Waals surface area contributed by atoms with Gasteiger partial charge in [0.15, 0.2) is 0 Å². The van der Waals surface area contributed by atoms with Gasteiger partial charge in [-0.1, -0.05) is 26.0 Å². The zero-order chi connectivity index (χ0) is 14.5. The number of halogens is 1. The average molecular weight is 301 g/mol. The predicted octanol–water partition coefficient (Wildman–Crippen LogP) is 2.15. The van der Waals surface area contributed by atoms with E-state index in [-0.39, 0.29) is 29.8 Å². The van der Waals surface area contributed by atoms with Crippen molar-refractivity contribution >= 4 is 18.3 Å². The minimum Gasteiger partial charge on any atom is -0.497 e. The highest BCUT2D eigenvalue weighted by Crippen LogP contribution is 2.16. The Labute approximate surface area is 127 Å². The van der Waals surface area contributed by atoms with Gasteiger partial charge in [-0.05, 0) is 30.5 Å². The van der Waals surface area contributed by atoms with E-state index in [0.29, 0.717) is 13.0 Å². The predicted molar refractivity (Wildman–Crippen MR) is 84.4 cm³/mol. The van der Waals surface area contributed by atoms with E-state index in [1.165, 1.54) is 0 Å². The lowest BCUT2D eigenvalue weighted by Gasteiger charge is -2.33. The molecule has 0 aromatic heterocycles. The Hall–Kier alpha value is -1.26. The van der Waals surface area contributed by atoms with Crippen molar-refractivity contribution in [3.05, 3.63) is 29.8 Å². The Morgan fingerprint density at radius 1 is 1.45 bits per heavy atom. The molecule has 0 aliphatic carbocycles. The van der Waals surface area contributed by atoms with Gasteiger partial charge in [0.05, 0.1) is 19.1 Å². The topological polar surface area (TPSA) is 64.3 Å². The van der Waals surface area contributed by atoms with Crippen molar-refractivity contribution in [1.29, 1.82) is 0 Å². The molecule has 1 aromatic rings. The van der Waals surface area contributed by atoms with Crippen LogP contribution in [-0.2, 0) is 11.2 Å². The summed E-state index contributed by atoms with van der Waals surface area (Å²) in [5, 5.41) is 3.02. The molecule has 0 bridgehead atoms. The van der Waals surface area contributed by atoms with Gasteiger partial charge in [0, 0.05) is 6.54 Å². The van der Waals surface area contributed by atoms with Crippen molar-refractivity contribution in [2.75, 3.05) is 13.7 Å². The van der Waals surface area contributed by atoms with E-state index in [1.807, 2.05) is 31.2 Å². The molecular formula is C15H25ClN2O2. The molecule has 0 saturated heterocycles. The third kappa shape index (κ3) is 5.02. The summed E-state index contributed by atoms with van der Waals surface area (Å²) in [6, 6.07) is 7.53. The fourth-order valence-corrected chi connectivity index (χ4v) is 1.76. The van der Waals surface area contributed by atoms with Crippen LogP contribution in [0.1, 0.15) is 26.3 Å². The minimum atomic E-state index is -0.365. The third-order valence-electron chi connectivity index (χ3n) is 3.62. The second kappa shape index (κ2) is 8.12. The second-order valence-corrected chi connectivity index (χ2v) is 5.35. The Balaban J connectivity index is 0.00000361. The summed E-state index contributed by atoms with van der Waals surface area (Å²) < 4.78 is 5.15. The minimum absolute atomic E-state index is 0. The maximum atomic E-state index is 12.1. The van der Waals surface area contributed by atoms with Crippen LogP contribution in [0, 0.1) is 5.92 Å². The van der Waals surface area contributed by atoms with Crippen LogP contribution in [0.15, 0.2) is 24.3 Å². The van der Waals surface area contributed by atoms with Crippen molar-refractivity contribution in [2.24, 2.45) is 11.7 Å². The first-order valence-electron chi connectivity index (χ1n) is 6.55. The molecule has 0 heterocycles. The molecule has 0 saturated carbocycles. The highest BCUT2D eigenvalue weighted by atomic mass is 35.5. The first-order valence-corrected chi connectivity index (χ1v) is 6.55. The monoisotopic (exact) mass is 300 g/mol. The first-order chi connectivity index (χ1) is 8.91. The van der Waals surface area contributed by atoms with Crippen LogP contribution >= 0.6 is 12.4 Å². The fraction of sp³-hybridized carbons (Fsp3) is 0.533. The number of amides is 1. The van der Waals surface area contributed by atoms with Crippen LogP contribution < -0.4 is 15.8 Å². The Morgan fingerprint density at radius 3 is 2.60 bits per heavy atom. The third-order valence-corrected chi connectivity index (χ3v) is 3.62. The maximum Gasteiger partial charge on any atom is 0.224 e. The van der Waals surface area contributed by atoms with Crippen molar-refractivity contribution in [3.8, 4) is 5.75 Å². The molecule has 1 rings (SSSR count). The largest absolute Gasteiger partial charge is 0.497 e.